The predicted octanol–water partition coefficient (Wildman–Crippen LogP) is 3.42. The first-order valence-electron chi connectivity index (χ1n) is 9.16. The van der Waals surface area contributed by atoms with E-state index in [9.17, 15) is 14.4 Å². The molecule has 0 spiro atoms. The summed E-state index contributed by atoms with van der Waals surface area (Å²) in [7, 11) is 0. The van der Waals surface area contributed by atoms with Crippen molar-refractivity contribution in [2.24, 2.45) is 0 Å². The van der Waals surface area contributed by atoms with E-state index >= 15 is 0 Å². The van der Waals surface area contributed by atoms with Gasteiger partial charge in [-0.05, 0) is 36.8 Å². The molecule has 0 radical (unpaired) electrons. The lowest BCUT2D eigenvalue weighted by atomic mass is 10.1. The summed E-state index contributed by atoms with van der Waals surface area (Å²) < 4.78 is 0. The maximum absolute atomic E-state index is 12.3. The van der Waals surface area contributed by atoms with Crippen LogP contribution in [-0.4, -0.2) is 40.8 Å². The molecule has 2 N–H and O–H groups in total. The Morgan fingerprint density at radius 2 is 1.93 bits per heavy atom. The van der Waals surface area contributed by atoms with Crippen molar-refractivity contribution in [2.75, 3.05) is 24.2 Å². The molecule has 0 saturated carbocycles. The topological polar surface area (TPSA) is 78.5 Å². The van der Waals surface area contributed by atoms with Gasteiger partial charge in [-0.1, -0.05) is 41.6 Å². The van der Waals surface area contributed by atoms with Gasteiger partial charge in [-0.25, -0.2) is 0 Å². The van der Waals surface area contributed by atoms with E-state index in [1.165, 1.54) is 11.8 Å². The fourth-order valence-corrected chi connectivity index (χ4v) is 3.67. The van der Waals surface area contributed by atoms with E-state index in [-0.39, 0.29) is 23.5 Å². The molecule has 2 aromatic carbocycles. The van der Waals surface area contributed by atoms with Crippen molar-refractivity contribution in [3.05, 3.63) is 65.2 Å². The Morgan fingerprint density at radius 1 is 1.14 bits per heavy atom. The second-order valence-electron chi connectivity index (χ2n) is 6.65. The Morgan fingerprint density at radius 3 is 2.64 bits per heavy atom. The van der Waals surface area contributed by atoms with E-state index in [2.05, 4.69) is 10.6 Å². The first-order valence-corrected chi connectivity index (χ1v) is 10.2. The number of amides is 3. The Labute approximate surface area is 168 Å². The molecule has 1 aliphatic heterocycles. The van der Waals surface area contributed by atoms with Crippen LogP contribution in [0.3, 0.4) is 0 Å². The van der Waals surface area contributed by atoms with Crippen molar-refractivity contribution in [2.45, 2.75) is 19.9 Å². The standard InChI is InChI=1S/C21H23N3O3S/c1-15-5-7-17(8-6-15)20(26)23-18-4-2-3-16(13-18)14-22-19(25)9-10-24-11-12-28-21(24)27/h2-8,13H,9-12,14H2,1H3,(H,22,25)(H,23,26). The maximum atomic E-state index is 12.3. The summed E-state index contributed by atoms with van der Waals surface area (Å²) >= 11 is 1.29. The average molecular weight is 398 g/mol. The number of anilines is 1. The molecule has 1 fully saturated rings. The van der Waals surface area contributed by atoms with E-state index in [1.807, 2.05) is 43.3 Å². The van der Waals surface area contributed by atoms with Gasteiger partial charge in [-0.2, -0.15) is 0 Å². The summed E-state index contributed by atoms with van der Waals surface area (Å²) in [5, 5.41) is 5.78. The first kappa shape index (κ1) is 19.9. The summed E-state index contributed by atoms with van der Waals surface area (Å²) in [5.41, 5.74) is 3.26. The van der Waals surface area contributed by atoms with Crippen LogP contribution < -0.4 is 10.6 Å². The molecule has 3 amide bonds. The summed E-state index contributed by atoms with van der Waals surface area (Å²) in [6.45, 7) is 3.50. The molecule has 6 nitrogen and oxygen atoms in total. The van der Waals surface area contributed by atoms with Crippen molar-refractivity contribution in [1.82, 2.24) is 10.2 Å². The van der Waals surface area contributed by atoms with Gasteiger partial charge < -0.3 is 15.5 Å². The maximum Gasteiger partial charge on any atom is 0.281 e. The second-order valence-corrected chi connectivity index (χ2v) is 7.69. The van der Waals surface area contributed by atoms with Crippen molar-refractivity contribution < 1.29 is 14.4 Å². The Hall–Kier alpha value is -2.80. The number of hydrogen-bond acceptors (Lipinski definition) is 4. The number of benzene rings is 2. The van der Waals surface area contributed by atoms with Gasteiger partial charge >= 0.3 is 0 Å². The minimum atomic E-state index is -0.172. The highest BCUT2D eigenvalue weighted by atomic mass is 32.2. The lowest BCUT2D eigenvalue weighted by molar-refractivity contribution is -0.121. The van der Waals surface area contributed by atoms with Crippen LogP contribution in [-0.2, 0) is 11.3 Å². The van der Waals surface area contributed by atoms with Crippen molar-refractivity contribution in [3.8, 4) is 0 Å². The molecule has 28 heavy (non-hydrogen) atoms. The summed E-state index contributed by atoms with van der Waals surface area (Å²) in [5.74, 6) is 0.523. The summed E-state index contributed by atoms with van der Waals surface area (Å²) in [6, 6.07) is 14.8. The number of nitrogens with one attached hydrogen (secondary N) is 2. The van der Waals surface area contributed by atoms with Crippen LogP contribution in [0.1, 0.15) is 27.9 Å². The molecule has 3 rings (SSSR count). The number of carbonyl (C=O) groups is 3. The lowest BCUT2D eigenvalue weighted by Crippen LogP contribution is -2.30. The van der Waals surface area contributed by atoms with Crippen molar-refractivity contribution >= 4 is 34.5 Å². The zero-order valence-corrected chi connectivity index (χ0v) is 16.6. The number of carbonyl (C=O) groups excluding carboxylic acids is 3. The predicted molar refractivity (Wildman–Crippen MR) is 111 cm³/mol. The Bertz CT molecular complexity index is 867. The SMILES string of the molecule is Cc1ccc(C(=O)Nc2cccc(CNC(=O)CCN3CCSC3=O)c2)cc1. The molecule has 0 aliphatic carbocycles. The minimum Gasteiger partial charge on any atom is -0.352 e. The van der Waals surface area contributed by atoms with Crippen LogP contribution in [0.4, 0.5) is 10.5 Å². The number of hydrogen-bond donors (Lipinski definition) is 2. The van der Waals surface area contributed by atoms with Gasteiger partial charge in [-0.3, -0.25) is 14.4 Å². The van der Waals surface area contributed by atoms with E-state index in [0.717, 1.165) is 16.9 Å². The highest BCUT2D eigenvalue weighted by Crippen LogP contribution is 2.17. The Kier molecular flexibility index (Phi) is 6.71. The van der Waals surface area contributed by atoms with Crippen LogP contribution in [0.5, 0.6) is 0 Å². The summed E-state index contributed by atoms with van der Waals surface area (Å²) in [4.78, 5) is 37.6. The molecular weight excluding hydrogens is 374 g/mol. The lowest BCUT2D eigenvalue weighted by Gasteiger charge is -2.14. The first-order chi connectivity index (χ1) is 13.5. The molecule has 0 bridgehead atoms. The fraction of sp³-hybridized carbons (Fsp3) is 0.286. The highest BCUT2D eigenvalue weighted by Gasteiger charge is 2.21. The molecule has 7 heteroatoms. The molecule has 1 heterocycles. The van der Waals surface area contributed by atoms with Crippen molar-refractivity contribution in [1.29, 1.82) is 0 Å². The monoisotopic (exact) mass is 397 g/mol. The van der Waals surface area contributed by atoms with E-state index in [0.29, 0.717) is 30.9 Å². The van der Waals surface area contributed by atoms with Gasteiger partial charge in [0.2, 0.25) is 5.91 Å². The van der Waals surface area contributed by atoms with Crippen LogP contribution in [0.25, 0.3) is 0 Å². The summed E-state index contributed by atoms with van der Waals surface area (Å²) in [6.07, 6.45) is 0.288. The van der Waals surface area contributed by atoms with Gasteiger partial charge in [0.05, 0.1) is 0 Å². The van der Waals surface area contributed by atoms with Gasteiger partial charge in [0.25, 0.3) is 11.1 Å². The molecule has 146 valence electrons. The third-order valence-electron chi connectivity index (χ3n) is 4.44. The third-order valence-corrected chi connectivity index (χ3v) is 5.33. The van der Waals surface area contributed by atoms with Gasteiger partial charge in [0.1, 0.15) is 0 Å². The van der Waals surface area contributed by atoms with Crippen LogP contribution in [0.15, 0.2) is 48.5 Å². The normalized spacial score (nSPS) is 13.5. The molecule has 1 aliphatic rings. The number of aryl methyl sites for hydroxylation is 1. The number of thioether (sulfide) groups is 1. The van der Waals surface area contributed by atoms with Gasteiger partial charge in [-0.15, -0.1) is 0 Å². The molecular formula is C21H23N3O3S. The minimum absolute atomic E-state index is 0.0461. The van der Waals surface area contributed by atoms with E-state index in [1.54, 1.807) is 17.0 Å². The smallest absolute Gasteiger partial charge is 0.281 e. The number of rotatable bonds is 7. The second kappa shape index (κ2) is 9.41. The van der Waals surface area contributed by atoms with Gasteiger partial charge in [0, 0.05) is 43.1 Å². The van der Waals surface area contributed by atoms with E-state index < -0.39 is 0 Å². The molecule has 2 aromatic rings. The van der Waals surface area contributed by atoms with Crippen LogP contribution in [0, 0.1) is 6.92 Å². The molecule has 1 saturated heterocycles. The molecule has 0 aromatic heterocycles. The average Bonchev–Trinajstić information content (AvgIpc) is 3.10. The van der Waals surface area contributed by atoms with Crippen LogP contribution in [0.2, 0.25) is 0 Å². The number of nitrogens with zero attached hydrogens (tertiary/aromatic N) is 1. The highest BCUT2D eigenvalue weighted by molar-refractivity contribution is 8.13. The van der Waals surface area contributed by atoms with E-state index in [4.69, 9.17) is 0 Å². The quantitative estimate of drug-likeness (QED) is 0.750. The third kappa shape index (κ3) is 5.60. The Balaban J connectivity index is 1.48. The largest absolute Gasteiger partial charge is 0.352 e. The molecule has 0 atom stereocenters. The van der Waals surface area contributed by atoms with Gasteiger partial charge in [0.15, 0.2) is 0 Å². The zero-order chi connectivity index (χ0) is 19.9. The van der Waals surface area contributed by atoms with Crippen molar-refractivity contribution in [3.63, 3.8) is 0 Å². The fourth-order valence-electron chi connectivity index (χ4n) is 2.82. The van der Waals surface area contributed by atoms with Crippen LogP contribution >= 0.6 is 11.8 Å². The molecule has 0 unspecified atom stereocenters. The zero-order valence-electron chi connectivity index (χ0n) is 15.7.